The monoisotopic (exact) mass is 888 g/mol. The number of Topliss-reactive ketones (excluding diaryl/α,β-unsaturated/α-hetero) is 1. The van der Waals surface area contributed by atoms with E-state index >= 15 is 4.39 Å². The van der Waals surface area contributed by atoms with Gasteiger partial charge in [0.05, 0.1) is 11.9 Å². The van der Waals surface area contributed by atoms with Crippen LogP contribution in [0.2, 0.25) is 0 Å². The Kier molecular flexibility index (Phi) is 12.6. The van der Waals surface area contributed by atoms with Crippen LogP contribution in [0, 0.1) is 5.82 Å². The first-order valence-electron chi connectivity index (χ1n) is 21.3. The zero-order chi connectivity index (χ0) is 43.8. The van der Waals surface area contributed by atoms with Crippen LogP contribution in [0.25, 0.3) is 22.2 Å². The lowest BCUT2D eigenvalue weighted by atomic mass is 9.81. The molecule has 1 N–H and O–H groups in total. The van der Waals surface area contributed by atoms with Gasteiger partial charge in [-0.2, -0.15) is 4.31 Å². The molecule has 4 aliphatic rings. The molecular formula is C45H53FN6O8S2. The van der Waals surface area contributed by atoms with Gasteiger partial charge in [0.15, 0.2) is 5.78 Å². The zero-order valence-corrected chi connectivity index (χ0v) is 36.8. The van der Waals surface area contributed by atoms with E-state index in [1.165, 1.54) is 23.7 Å². The van der Waals surface area contributed by atoms with E-state index in [-0.39, 0.29) is 60.8 Å². The molecule has 3 aliphatic heterocycles. The first-order valence-corrected chi connectivity index (χ1v) is 24.7. The number of rotatable bonds is 8. The average molecular weight is 889 g/mol. The van der Waals surface area contributed by atoms with Crippen molar-refractivity contribution in [2.45, 2.75) is 64.0 Å². The molecular weight excluding hydrogens is 836 g/mol. The van der Waals surface area contributed by atoms with Crippen LogP contribution in [0.3, 0.4) is 0 Å². The van der Waals surface area contributed by atoms with Crippen LogP contribution < -0.4 is 19.9 Å². The summed E-state index contributed by atoms with van der Waals surface area (Å²) < 4.78 is 78.3. The summed E-state index contributed by atoms with van der Waals surface area (Å²) >= 11 is 0. The molecule has 4 heterocycles. The lowest BCUT2D eigenvalue weighted by Crippen LogP contribution is -2.48. The van der Waals surface area contributed by atoms with Crippen molar-refractivity contribution < 1.29 is 40.3 Å². The number of nitrogens with zero attached hydrogens (tertiary/aromatic N) is 5. The summed E-state index contributed by atoms with van der Waals surface area (Å²) in [6.45, 7) is 2.24. The Labute approximate surface area is 362 Å². The van der Waals surface area contributed by atoms with E-state index in [0.717, 1.165) is 70.7 Å². The number of hydrogen-bond acceptors (Lipinski definition) is 9. The van der Waals surface area contributed by atoms with Crippen LogP contribution in [-0.2, 0) is 42.8 Å². The van der Waals surface area contributed by atoms with Gasteiger partial charge >= 0.3 is 0 Å². The summed E-state index contributed by atoms with van der Waals surface area (Å²) in [5, 5.41) is 3.66. The summed E-state index contributed by atoms with van der Waals surface area (Å²) in [7, 11) is -5.86. The number of sulfonamides is 2. The fourth-order valence-corrected chi connectivity index (χ4v) is 11.1. The maximum absolute atomic E-state index is 16.9. The molecule has 17 heteroatoms. The van der Waals surface area contributed by atoms with Crippen molar-refractivity contribution in [3.05, 3.63) is 89.3 Å². The second-order valence-corrected chi connectivity index (χ2v) is 20.8. The van der Waals surface area contributed by atoms with Crippen molar-refractivity contribution in [1.29, 1.82) is 0 Å². The number of nitrogens with one attached hydrogen (secondary N) is 1. The van der Waals surface area contributed by atoms with E-state index in [1.54, 1.807) is 52.0 Å². The van der Waals surface area contributed by atoms with Gasteiger partial charge in [0, 0.05) is 104 Å². The molecule has 62 heavy (non-hydrogen) atoms. The molecule has 3 aromatic carbocycles. The maximum Gasteiger partial charge on any atom is 0.240 e. The number of anilines is 2. The highest BCUT2D eigenvalue weighted by Gasteiger charge is 2.31. The first-order chi connectivity index (χ1) is 29.7. The molecule has 2 saturated heterocycles. The van der Waals surface area contributed by atoms with Crippen molar-refractivity contribution in [3.63, 3.8) is 0 Å². The molecule has 0 radical (unpaired) electrons. The molecule has 14 nitrogen and oxygen atoms in total. The van der Waals surface area contributed by atoms with Gasteiger partial charge in [-0.3, -0.25) is 14.4 Å². The van der Waals surface area contributed by atoms with Crippen LogP contribution in [0.15, 0.2) is 66.7 Å². The third-order valence-electron chi connectivity index (χ3n) is 12.6. The molecule has 3 fully saturated rings. The van der Waals surface area contributed by atoms with Gasteiger partial charge in [-0.1, -0.05) is 43.5 Å². The van der Waals surface area contributed by atoms with E-state index in [9.17, 15) is 31.2 Å². The van der Waals surface area contributed by atoms with Crippen LogP contribution in [0.4, 0.5) is 15.8 Å². The molecule has 0 atom stereocenters. The quantitative estimate of drug-likeness (QED) is 0.229. The number of amides is 2. The Morgan fingerprint density at radius 1 is 0.887 bits per heavy atom. The summed E-state index contributed by atoms with van der Waals surface area (Å²) in [5.74, 6) is -1.85. The van der Waals surface area contributed by atoms with Crippen molar-refractivity contribution in [3.8, 4) is 17.0 Å². The van der Waals surface area contributed by atoms with Crippen molar-refractivity contribution in [2.75, 3.05) is 74.7 Å². The predicted octanol–water partition coefficient (Wildman–Crippen LogP) is 5.41. The molecule has 1 aliphatic carbocycles. The number of hydrogen-bond donors (Lipinski definition) is 1. The highest BCUT2D eigenvalue weighted by Crippen LogP contribution is 2.45. The minimum absolute atomic E-state index is 0.0379. The van der Waals surface area contributed by atoms with Crippen LogP contribution in [0.1, 0.15) is 72.3 Å². The number of benzene rings is 3. The minimum atomic E-state index is -3.94. The van der Waals surface area contributed by atoms with Crippen molar-refractivity contribution in [2.24, 2.45) is 0 Å². The lowest BCUT2D eigenvalue weighted by Gasteiger charge is -2.36. The van der Waals surface area contributed by atoms with Gasteiger partial charge in [-0.15, -0.1) is 0 Å². The predicted molar refractivity (Wildman–Crippen MR) is 237 cm³/mol. The molecule has 1 saturated carbocycles. The molecule has 0 unspecified atom stereocenters. The Morgan fingerprint density at radius 2 is 1.66 bits per heavy atom. The minimum Gasteiger partial charge on any atom is -0.489 e. The standard InChI is InChI=1S/C45H53FN6O8S2/c1-48-19-7-6-18-47-42(54)28-52-40-26-32(41(53)30-62(48,58)59)12-15-37(40)44(31-9-4-3-5-10-31)45(52)36-16-14-35(27-38(36)46)60-29-33-25-34(51-20-8-11-43(51)55)13-17-39(33)49-21-23-50(24-22-49)61(2,56)57/h6-7,12-17,25-27,31H,3-5,8-11,18-24,28-30H2,1-2H3,(H,47,54)/b7-6-. The van der Waals surface area contributed by atoms with Gasteiger partial charge in [0.25, 0.3) is 0 Å². The highest BCUT2D eigenvalue weighted by molar-refractivity contribution is 7.89. The van der Waals surface area contributed by atoms with Gasteiger partial charge in [0.2, 0.25) is 31.9 Å². The van der Waals surface area contributed by atoms with Gasteiger partial charge < -0.3 is 24.4 Å². The summed E-state index contributed by atoms with van der Waals surface area (Å²) in [4.78, 5) is 43.8. The summed E-state index contributed by atoms with van der Waals surface area (Å²) in [6, 6.07) is 15.5. The van der Waals surface area contributed by atoms with E-state index in [2.05, 4.69) is 10.2 Å². The third kappa shape index (κ3) is 9.17. The number of ketones is 1. The second kappa shape index (κ2) is 17.9. The summed E-state index contributed by atoms with van der Waals surface area (Å²) in [5.41, 5.74) is 4.74. The topological polar surface area (TPSA) is 159 Å². The number of halogens is 1. The number of carbonyl (C=O) groups excluding carboxylic acids is 3. The fourth-order valence-electron chi connectivity index (χ4n) is 9.24. The molecule has 0 spiro atoms. The van der Waals surface area contributed by atoms with Crippen molar-refractivity contribution >= 4 is 59.9 Å². The number of fused-ring (bicyclic) bond motifs is 1. The van der Waals surface area contributed by atoms with E-state index < -0.39 is 37.4 Å². The van der Waals surface area contributed by atoms with Gasteiger partial charge in [0.1, 0.15) is 30.5 Å². The number of piperazine rings is 1. The number of aromatic nitrogens is 1. The molecule has 8 rings (SSSR count). The second-order valence-electron chi connectivity index (χ2n) is 16.7. The molecule has 4 aromatic rings. The van der Waals surface area contributed by atoms with E-state index in [0.29, 0.717) is 50.4 Å². The molecule has 2 bridgehead atoms. The number of carbonyl (C=O) groups is 3. The Hall–Kier alpha value is -5.10. The van der Waals surface area contributed by atoms with Crippen LogP contribution in [0.5, 0.6) is 5.75 Å². The van der Waals surface area contributed by atoms with E-state index in [1.807, 2.05) is 18.2 Å². The maximum atomic E-state index is 16.9. The first kappa shape index (κ1) is 43.5. The van der Waals surface area contributed by atoms with E-state index in [4.69, 9.17) is 4.74 Å². The lowest BCUT2D eigenvalue weighted by molar-refractivity contribution is -0.121. The Morgan fingerprint density at radius 3 is 2.37 bits per heavy atom. The molecule has 1 aromatic heterocycles. The number of likely N-dealkylation sites (N-methyl/N-ethyl adjacent to an activating group) is 1. The summed E-state index contributed by atoms with van der Waals surface area (Å²) in [6.07, 6.45) is 10.5. The molecule has 330 valence electrons. The SMILES string of the molecule is CN1C/C=C\CNC(=O)Cn2c(-c3ccc(OCc4cc(N5CCCC5=O)ccc4N4CCN(S(C)(=O)=O)CC4)cc3F)c(C3CCCCC3)c3ccc(cc32)C(=O)CS1(=O)=O. The molecule has 2 amide bonds. The van der Waals surface area contributed by atoms with Gasteiger partial charge in [-0.25, -0.2) is 25.5 Å². The van der Waals surface area contributed by atoms with Crippen LogP contribution >= 0.6 is 0 Å². The normalized spacial score (nSPS) is 20.7. The fraction of sp³-hybridized carbons (Fsp3) is 0.444. The average Bonchev–Trinajstić information content (AvgIpc) is 3.82. The third-order valence-corrected chi connectivity index (χ3v) is 15.6. The van der Waals surface area contributed by atoms with Gasteiger partial charge in [-0.05, 0) is 67.1 Å². The Bertz CT molecular complexity index is 2650. The Balaban J connectivity index is 1.16. The number of ether oxygens (including phenoxy) is 1. The zero-order valence-electron chi connectivity index (χ0n) is 35.1. The van der Waals surface area contributed by atoms with Crippen LogP contribution in [-0.4, -0.2) is 112 Å². The highest BCUT2D eigenvalue weighted by atomic mass is 32.2. The largest absolute Gasteiger partial charge is 0.489 e. The smallest absolute Gasteiger partial charge is 0.240 e. The van der Waals surface area contributed by atoms with Crippen molar-refractivity contribution in [1.82, 2.24) is 18.5 Å².